The zero-order chi connectivity index (χ0) is 22.4. The van der Waals surface area contributed by atoms with Gasteiger partial charge in [0, 0.05) is 23.9 Å². The van der Waals surface area contributed by atoms with E-state index in [1.807, 2.05) is 57.9 Å². The fraction of sp³-hybridized carbons (Fsp3) is 0.208. The van der Waals surface area contributed by atoms with Crippen LogP contribution in [-0.4, -0.2) is 31.2 Å². The van der Waals surface area contributed by atoms with Gasteiger partial charge in [0.2, 0.25) is 0 Å². The lowest BCUT2D eigenvalue weighted by Crippen LogP contribution is -2.18. The van der Waals surface area contributed by atoms with Gasteiger partial charge in [-0.1, -0.05) is 17.7 Å². The number of hydrogen-bond donors (Lipinski definition) is 2. The van der Waals surface area contributed by atoms with Crippen molar-refractivity contribution in [1.82, 2.24) is 24.5 Å². The van der Waals surface area contributed by atoms with Gasteiger partial charge in [-0.3, -0.25) is 4.98 Å². The second-order valence-corrected chi connectivity index (χ2v) is 8.50. The predicted molar refractivity (Wildman–Crippen MR) is 130 cm³/mol. The van der Waals surface area contributed by atoms with E-state index in [2.05, 4.69) is 15.4 Å². The molecule has 8 nitrogen and oxygen atoms in total. The summed E-state index contributed by atoms with van der Waals surface area (Å²) in [6, 6.07) is 15.4. The zero-order valence-electron chi connectivity index (χ0n) is 17.8. The summed E-state index contributed by atoms with van der Waals surface area (Å²) in [5.74, 6) is 0.609. The number of rotatable bonds is 4. The van der Waals surface area contributed by atoms with Crippen LogP contribution < -0.4 is 11.1 Å². The number of halogens is 1. The predicted octanol–water partition coefficient (Wildman–Crippen LogP) is 5.45. The van der Waals surface area contributed by atoms with Gasteiger partial charge < -0.3 is 15.8 Å². The maximum Gasteiger partial charge on any atom is 0.179 e. The molecule has 3 N–H and O–H groups in total. The molecule has 1 fully saturated rings. The molecule has 1 aliphatic heterocycles. The van der Waals surface area contributed by atoms with Crippen molar-refractivity contribution in [3.8, 4) is 5.69 Å². The molecule has 4 heterocycles. The number of aromatic nitrogens is 5. The van der Waals surface area contributed by atoms with Crippen molar-refractivity contribution in [2.45, 2.75) is 25.5 Å². The summed E-state index contributed by atoms with van der Waals surface area (Å²) in [6.07, 6.45) is 6.67. The highest BCUT2D eigenvalue weighted by molar-refractivity contribution is 6.38. The van der Waals surface area contributed by atoms with Crippen molar-refractivity contribution >= 4 is 50.7 Å². The molecule has 1 saturated heterocycles. The van der Waals surface area contributed by atoms with Gasteiger partial charge in [0.15, 0.2) is 12.0 Å². The van der Waals surface area contributed by atoms with Gasteiger partial charge in [-0.25, -0.2) is 9.36 Å². The zero-order valence-corrected chi connectivity index (χ0v) is 18.5. The number of anilines is 3. The molecule has 9 heteroatoms. The molecule has 5 aromatic rings. The smallest absolute Gasteiger partial charge is 0.179 e. The van der Waals surface area contributed by atoms with Crippen molar-refractivity contribution in [3.63, 3.8) is 0 Å². The molecule has 0 spiro atoms. The van der Waals surface area contributed by atoms with Gasteiger partial charge in [-0.15, -0.1) is 5.10 Å². The molecule has 6 rings (SSSR count). The Hall–Kier alpha value is -3.62. The normalized spacial score (nSPS) is 16.5. The third-order valence-corrected chi connectivity index (χ3v) is 6.36. The summed E-state index contributed by atoms with van der Waals surface area (Å²) in [4.78, 5) is 4.55. The molecular formula is C24H22ClN7O. The lowest BCUT2D eigenvalue weighted by molar-refractivity contribution is -0.0366. The quantitative estimate of drug-likeness (QED) is 0.347. The first-order chi connectivity index (χ1) is 16.2. The van der Waals surface area contributed by atoms with Crippen LogP contribution in [0.5, 0.6) is 0 Å². The lowest BCUT2D eigenvalue weighted by atomic mass is 10.2. The van der Waals surface area contributed by atoms with Crippen LogP contribution in [0.1, 0.15) is 25.5 Å². The highest BCUT2D eigenvalue weighted by Gasteiger charge is 2.21. The number of nitrogens with two attached hydrogens (primary N) is 1. The number of pyridine rings is 1. The fourth-order valence-corrected chi connectivity index (χ4v) is 4.60. The molecule has 0 aliphatic carbocycles. The summed E-state index contributed by atoms with van der Waals surface area (Å²) in [6.45, 7) is 0.759. The first-order valence-electron chi connectivity index (χ1n) is 10.9. The molecule has 1 atom stereocenters. The van der Waals surface area contributed by atoms with Crippen molar-refractivity contribution in [1.29, 1.82) is 0 Å². The number of nitrogen functional groups attached to an aromatic ring is 1. The molecule has 1 unspecified atom stereocenters. The van der Waals surface area contributed by atoms with Crippen molar-refractivity contribution < 1.29 is 4.74 Å². The summed E-state index contributed by atoms with van der Waals surface area (Å²) >= 11 is 6.81. The van der Waals surface area contributed by atoms with Crippen molar-refractivity contribution in [3.05, 3.63) is 65.9 Å². The number of benzene rings is 2. The Morgan fingerprint density at radius 2 is 2.03 bits per heavy atom. The van der Waals surface area contributed by atoms with E-state index in [-0.39, 0.29) is 6.23 Å². The first kappa shape index (κ1) is 20.0. The molecule has 0 bridgehead atoms. The Balaban J connectivity index is 1.40. The molecule has 0 saturated carbocycles. The molecule has 33 heavy (non-hydrogen) atoms. The van der Waals surface area contributed by atoms with Crippen LogP contribution >= 0.6 is 11.6 Å². The van der Waals surface area contributed by atoms with Crippen LogP contribution in [0.2, 0.25) is 5.02 Å². The highest BCUT2D eigenvalue weighted by Crippen LogP contribution is 2.36. The van der Waals surface area contributed by atoms with Gasteiger partial charge in [0.05, 0.1) is 33.6 Å². The lowest BCUT2D eigenvalue weighted by Gasteiger charge is -2.23. The topological polar surface area (TPSA) is 95.8 Å². The third kappa shape index (κ3) is 3.48. The third-order valence-electron chi connectivity index (χ3n) is 5.95. The molecule has 166 valence electrons. The summed E-state index contributed by atoms with van der Waals surface area (Å²) in [7, 11) is 0. The summed E-state index contributed by atoms with van der Waals surface area (Å²) < 4.78 is 9.66. The Morgan fingerprint density at radius 1 is 1.09 bits per heavy atom. The van der Waals surface area contributed by atoms with E-state index < -0.39 is 0 Å². The van der Waals surface area contributed by atoms with Crippen LogP contribution in [-0.2, 0) is 4.74 Å². The summed E-state index contributed by atoms with van der Waals surface area (Å²) in [5, 5.41) is 14.2. The van der Waals surface area contributed by atoms with E-state index in [0.717, 1.165) is 59.2 Å². The van der Waals surface area contributed by atoms with Crippen LogP contribution in [0.15, 0.2) is 60.9 Å². The maximum atomic E-state index is 6.81. The largest absolute Gasteiger partial charge is 0.399 e. The monoisotopic (exact) mass is 459 g/mol. The van der Waals surface area contributed by atoms with Crippen LogP contribution in [0, 0.1) is 0 Å². The highest BCUT2D eigenvalue weighted by atomic mass is 35.5. The SMILES string of the molecule is Nc1cccc(-n2nc(Nc3ccc4c(cnn4C4CCCCO4)c3Cl)c3ncccc32)c1. The number of hydrogen-bond acceptors (Lipinski definition) is 6. The molecule has 2 aromatic carbocycles. The van der Waals surface area contributed by atoms with Gasteiger partial charge in [0.25, 0.3) is 0 Å². The Bertz CT molecular complexity index is 1470. The Kier molecular flexibility index (Phi) is 4.89. The minimum atomic E-state index is -0.0479. The Labute approximate surface area is 194 Å². The average molecular weight is 460 g/mol. The van der Waals surface area contributed by atoms with Crippen LogP contribution in [0.3, 0.4) is 0 Å². The second-order valence-electron chi connectivity index (χ2n) is 8.12. The van der Waals surface area contributed by atoms with E-state index in [0.29, 0.717) is 16.5 Å². The summed E-state index contributed by atoms with van der Waals surface area (Å²) in [5.41, 5.74) is 10.8. The number of fused-ring (bicyclic) bond motifs is 2. The minimum absolute atomic E-state index is 0.0479. The molecule has 0 amide bonds. The van der Waals surface area contributed by atoms with E-state index in [4.69, 9.17) is 27.2 Å². The number of ether oxygens (including phenoxy) is 1. The van der Waals surface area contributed by atoms with Gasteiger partial charge >= 0.3 is 0 Å². The van der Waals surface area contributed by atoms with Gasteiger partial charge in [-0.05, 0) is 61.7 Å². The van der Waals surface area contributed by atoms with Gasteiger partial charge in [0.1, 0.15) is 5.52 Å². The molecule has 1 aliphatic rings. The van der Waals surface area contributed by atoms with Gasteiger partial charge in [-0.2, -0.15) is 5.10 Å². The van der Waals surface area contributed by atoms with E-state index in [1.165, 1.54) is 0 Å². The number of nitrogens with zero attached hydrogens (tertiary/aromatic N) is 5. The van der Waals surface area contributed by atoms with E-state index in [1.54, 1.807) is 12.4 Å². The fourth-order valence-electron chi connectivity index (χ4n) is 4.35. The maximum absolute atomic E-state index is 6.81. The second kappa shape index (κ2) is 8.06. The minimum Gasteiger partial charge on any atom is -0.399 e. The van der Waals surface area contributed by atoms with Crippen LogP contribution in [0.4, 0.5) is 17.2 Å². The average Bonchev–Trinajstić information content (AvgIpc) is 3.44. The molecule has 3 aromatic heterocycles. The Morgan fingerprint density at radius 3 is 2.88 bits per heavy atom. The number of nitrogens with one attached hydrogen (secondary N) is 1. The van der Waals surface area contributed by atoms with Crippen LogP contribution in [0.25, 0.3) is 27.6 Å². The first-order valence-corrected chi connectivity index (χ1v) is 11.3. The van der Waals surface area contributed by atoms with Crippen molar-refractivity contribution in [2.24, 2.45) is 0 Å². The molecule has 0 radical (unpaired) electrons. The van der Waals surface area contributed by atoms with E-state index >= 15 is 0 Å². The standard InChI is InChI=1S/C24H22ClN7O/c25-22-17-14-28-32(21-8-1-2-12-33-21)19(17)10-9-18(22)29-24-23-20(7-4-11-27-23)31(30-24)16-6-3-5-15(26)13-16/h3-7,9-11,13-14,21H,1-2,8,12,26H2,(H,29,30). The van der Waals surface area contributed by atoms with Crippen molar-refractivity contribution in [2.75, 3.05) is 17.7 Å². The molecular weight excluding hydrogens is 438 g/mol. The van der Waals surface area contributed by atoms with E-state index in [9.17, 15) is 0 Å².